The van der Waals surface area contributed by atoms with Crippen LogP contribution in [0.25, 0.3) is 0 Å². The summed E-state index contributed by atoms with van der Waals surface area (Å²) >= 11 is 1.38. The molecule has 3 aromatic rings. The number of anilines is 3. The summed E-state index contributed by atoms with van der Waals surface area (Å²) in [6.07, 6.45) is 0. The van der Waals surface area contributed by atoms with Crippen molar-refractivity contribution < 1.29 is 13.9 Å². The number of aryl methyl sites for hydroxylation is 1. The minimum absolute atomic E-state index is 0.108. The quantitative estimate of drug-likeness (QED) is 0.659. The molecule has 1 N–H and O–H groups in total. The molecular weight excluding hydrogens is 403 g/mol. The molecule has 1 aliphatic heterocycles. The van der Waals surface area contributed by atoms with Crippen LogP contribution in [-0.2, 0) is 0 Å². The molecule has 1 aliphatic rings. The third-order valence-electron chi connectivity index (χ3n) is 5.08. The van der Waals surface area contributed by atoms with Gasteiger partial charge in [0.25, 0.3) is 5.91 Å². The predicted molar refractivity (Wildman–Crippen MR) is 118 cm³/mol. The van der Waals surface area contributed by atoms with Crippen molar-refractivity contribution in [3.8, 4) is 5.75 Å². The number of hydrogen-bond donors (Lipinski definition) is 1. The first-order valence-electron chi connectivity index (χ1n) is 9.71. The maximum absolute atomic E-state index is 14.0. The summed E-state index contributed by atoms with van der Waals surface area (Å²) in [7, 11) is 1.62. The minimum Gasteiger partial charge on any atom is -0.495 e. The van der Waals surface area contributed by atoms with Crippen LogP contribution in [0.5, 0.6) is 5.75 Å². The van der Waals surface area contributed by atoms with E-state index in [1.54, 1.807) is 29.5 Å². The molecule has 1 fully saturated rings. The third kappa shape index (κ3) is 4.23. The average molecular weight is 427 g/mol. The Kier molecular flexibility index (Phi) is 5.85. The van der Waals surface area contributed by atoms with Crippen molar-refractivity contribution in [1.29, 1.82) is 0 Å². The van der Waals surface area contributed by atoms with Gasteiger partial charge in [-0.15, -0.1) is 11.3 Å². The van der Waals surface area contributed by atoms with E-state index in [2.05, 4.69) is 10.3 Å². The summed E-state index contributed by atoms with van der Waals surface area (Å²) in [5, 5.41) is 5.63. The number of halogens is 1. The van der Waals surface area contributed by atoms with E-state index >= 15 is 0 Å². The van der Waals surface area contributed by atoms with Gasteiger partial charge in [-0.05, 0) is 36.8 Å². The number of amides is 1. The zero-order chi connectivity index (χ0) is 21.1. The van der Waals surface area contributed by atoms with Crippen LogP contribution < -0.4 is 15.0 Å². The zero-order valence-corrected chi connectivity index (χ0v) is 17.7. The van der Waals surface area contributed by atoms with Crippen LogP contribution in [0.3, 0.4) is 0 Å². The third-order valence-corrected chi connectivity index (χ3v) is 5.84. The van der Waals surface area contributed by atoms with Crippen LogP contribution in [0.1, 0.15) is 16.1 Å². The molecule has 0 atom stereocenters. The number of thiazole rings is 1. The van der Waals surface area contributed by atoms with E-state index in [0.29, 0.717) is 48.4 Å². The van der Waals surface area contributed by atoms with Gasteiger partial charge in [-0.2, -0.15) is 0 Å². The van der Waals surface area contributed by atoms with E-state index in [0.717, 1.165) is 11.3 Å². The number of hydrogen-bond acceptors (Lipinski definition) is 6. The molecule has 156 valence electrons. The maximum Gasteiger partial charge on any atom is 0.273 e. The molecule has 0 unspecified atom stereocenters. The molecule has 2 aromatic carbocycles. The van der Waals surface area contributed by atoms with Crippen molar-refractivity contribution in [2.24, 2.45) is 0 Å². The number of piperazine rings is 1. The Bertz CT molecular complexity index is 1050. The van der Waals surface area contributed by atoms with Crippen LogP contribution >= 0.6 is 11.3 Å². The van der Waals surface area contributed by atoms with Gasteiger partial charge in [0.05, 0.1) is 18.5 Å². The second-order valence-electron chi connectivity index (χ2n) is 7.10. The Morgan fingerprint density at radius 1 is 1.17 bits per heavy atom. The highest BCUT2D eigenvalue weighted by Crippen LogP contribution is 2.30. The van der Waals surface area contributed by atoms with Crippen molar-refractivity contribution in [3.63, 3.8) is 0 Å². The van der Waals surface area contributed by atoms with Gasteiger partial charge in [0.2, 0.25) is 0 Å². The Morgan fingerprint density at radius 3 is 2.67 bits per heavy atom. The summed E-state index contributed by atoms with van der Waals surface area (Å²) in [6.45, 7) is 4.23. The van der Waals surface area contributed by atoms with Crippen molar-refractivity contribution in [2.75, 3.05) is 43.5 Å². The van der Waals surface area contributed by atoms with E-state index in [-0.39, 0.29) is 11.7 Å². The van der Waals surface area contributed by atoms with E-state index < -0.39 is 0 Å². The molecule has 1 aromatic heterocycles. The minimum atomic E-state index is -0.237. The molecule has 2 heterocycles. The van der Waals surface area contributed by atoms with E-state index in [1.807, 2.05) is 36.1 Å². The molecule has 0 spiro atoms. The second-order valence-corrected chi connectivity index (χ2v) is 7.96. The standard InChI is InChI=1S/C22H23FN4O2S/c1-15-7-8-20(29-2)17(13-15)24-22-25-18(14-30-22)21(28)27-11-9-26(10-12-27)19-6-4-3-5-16(19)23/h3-8,13-14H,9-12H2,1-2H3,(H,24,25). The molecular formula is C22H23FN4O2S. The van der Waals surface area contributed by atoms with Crippen LogP contribution in [0.15, 0.2) is 47.8 Å². The summed E-state index contributed by atoms with van der Waals surface area (Å²) in [6, 6.07) is 12.6. The first-order chi connectivity index (χ1) is 14.5. The Balaban J connectivity index is 1.40. The number of rotatable bonds is 5. The lowest BCUT2D eigenvalue weighted by Crippen LogP contribution is -2.49. The highest BCUT2D eigenvalue weighted by Gasteiger charge is 2.25. The summed E-state index contributed by atoms with van der Waals surface area (Å²) < 4.78 is 19.4. The van der Waals surface area contributed by atoms with Gasteiger partial charge < -0.3 is 19.9 Å². The van der Waals surface area contributed by atoms with Crippen LogP contribution in [0.4, 0.5) is 20.9 Å². The molecule has 1 saturated heterocycles. The predicted octanol–water partition coefficient (Wildman–Crippen LogP) is 4.31. The smallest absolute Gasteiger partial charge is 0.273 e. The number of nitrogens with zero attached hydrogens (tertiary/aromatic N) is 3. The van der Waals surface area contributed by atoms with E-state index in [1.165, 1.54) is 17.4 Å². The van der Waals surface area contributed by atoms with Crippen LogP contribution in [0, 0.1) is 12.7 Å². The SMILES string of the molecule is COc1ccc(C)cc1Nc1nc(C(=O)N2CCN(c3ccccc3F)CC2)cs1. The average Bonchev–Trinajstić information content (AvgIpc) is 3.22. The Morgan fingerprint density at radius 2 is 1.93 bits per heavy atom. The molecule has 4 rings (SSSR count). The molecule has 1 amide bonds. The number of carbonyl (C=O) groups is 1. The van der Waals surface area contributed by atoms with Gasteiger partial charge >= 0.3 is 0 Å². The molecule has 0 saturated carbocycles. The number of carbonyl (C=O) groups excluding carboxylic acids is 1. The fourth-order valence-corrected chi connectivity index (χ4v) is 4.18. The van der Waals surface area contributed by atoms with Gasteiger partial charge in [-0.25, -0.2) is 9.37 Å². The number of aromatic nitrogens is 1. The van der Waals surface area contributed by atoms with Gasteiger partial charge in [0.1, 0.15) is 17.3 Å². The number of para-hydroxylation sites is 1. The maximum atomic E-state index is 14.0. The van der Waals surface area contributed by atoms with Crippen molar-refractivity contribution in [3.05, 3.63) is 64.9 Å². The van der Waals surface area contributed by atoms with E-state index in [9.17, 15) is 9.18 Å². The van der Waals surface area contributed by atoms with Crippen molar-refractivity contribution >= 4 is 33.8 Å². The number of nitrogens with one attached hydrogen (secondary N) is 1. The summed E-state index contributed by atoms with van der Waals surface area (Å²) in [5.74, 6) is 0.371. The van der Waals surface area contributed by atoms with Crippen molar-refractivity contribution in [1.82, 2.24) is 9.88 Å². The largest absolute Gasteiger partial charge is 0.495 e. The number of benzene rings is 2. The van der Waals surface area contributed by atoms with Gasteiger partial charge in [0, 0.05) is 31.6 Å². The fourth-order valence-electron chi connectivity index (χ4n) is 3.48. The van der Waals surface area contributed by atoms with Gasteiger partial charge in [0.15, 0.2) is 5.13 Å². The van der Waals surface area contributed by atoms with Crippen LogP contribution in [-0.4, -0.2) is 49.1 Å². The zero-order valence-electron chi connectivity index (χ0n) is 16.9. The molecule has 0 bridgehead atoms. The lowest BCUT2D eigenvalue weighted by atomic mass is 10.2. The number of ether oxygens (including phenoxy) is 1. The molecule has 30 heavy (non-hydrogen) atoms. The van der Waals surface area contributed by atoms with Gasteiger partial charge in [-0.3, -0.25) is 4.79 Å². The Labute approximate surface area is 178 Å². The van der Waals surface area contributed by atoms with Crippen molar-refractivity contribution in [2.45, 2.75) is 6.92 Å². The molecule has 0 radical (unpaired) electrons. The number of methoxy groups -OCH3 is 1. The first kappa shape index (κ1) is 20.2. The summed E-state index contributed by atoms with van der Waals surface area (Å²) in [4.78, 5) is 21.1. The summed E-state index contributed by atoms with van der Waals surface area (Å²) in [5.41, 5.74) is 2.90. The lowest BCUT2D eigenvalue weighted by Gasteiger charge is -2.35. The van der Waals surface area contributed by atoms with Gasteiger partial charge in [-0.1, -0.05) is 18.2 Å². The fraction of sp³-hybridized carbons (Fsp3) is 0.273. The highest BCUT2D eigenvalue weighted by atomic mass is 32.1. The monoisotopic (exact) mass is 426 g/mol. The molecule has 6 nitrogen and oxygen atoms in total. The highest BCUT2D eigenvalue weighted by molar-refractivity contribution is 7.14. The molecule has 8 heteroatoms. The second kappa shape index (κ2) is 8.71. The lowest BCUT2D eigenvalue weighted by molar-refractivity contribution is 0.0741. The van der Waals surface area contributed by atoms with Crippen LogP contribution in [0.2, 0.25) is 0 Å². The normalized spacial score (nSPS) is 14.0. The topological polar surface area (TPSA) is 57.7 Å². The molecule has 0 aliphatic carbocycles. The first-order valence-corrected chi connectivity index (χ1v) is 10.6. The Hall–Kier alpha value is -3.13. The van der Waals surface area contributed by atoms with E-state index in [4.69, 9.17) is 4.74 Å².